The highest BCUT2D eigenvalue weighted by molar-refractivity contribution is 5.81. The maximum absolute atomic E-state index is 13.3. The molecule has 1 aliphatic carbocycles. The molecule has 0 heterocycles. The van der Waals surface area contributed by atoms with Crippen LogP contribution >= 0.6 is 0 Å². The zero-order valence-corrected chi connectivity index (χ0v) is 11.3. The number of benzene rings is 1. The molecule has 2 N–H and O–H groups in total. The Kier molecular flexibility index (Phi) is 4.77. The fraction of sp³-hybridized carbons (Fsp3) is 0.533. The minimum atomic E-state index is -0.252. The second-order valence-corrected chi connectivity index (χ2v) is 5.17. The summed E-state index contributed by atoms with van der Waals surface area (Å²) in [6, 6.07) is 5.16. The molecule has 0 bridgehead atoms. The maximum atomic E-state index is 13.3. The van der Waals surface area contributed by atoms with Crippen LogP contribution in [0.2, 0.25) is 0 Å². The van der Waals surface area contributed by atoms with Crippen molar-refractivity contribution in [3.05, 3.63) is 29.6 Å². The third-order valence-corrected chi connectivity index (χ3v) is 3.68. The Labute approximate surface area is 113 Å². The van der Waals surface area contributed by atoms with Crippen molar-refractivity contribution >= 4 is 11.6 Å². The van der Waals surface area contributed by atoms with Crippen LogP contribution in [0, 0.1) is 12.7 Å². The summed E-state index contributed by atoms with van der Waals surface area (Å²) >= 11 is 0. The van der Waals surface area contributed by atoms with Crippen LogP contribution in [-0.4, -0.2) is 18.5 Å². The van der Waals surface area contributed by atoms with Gasteiger partial charge in [-0.25, -0.2) is 4.39 Å². The largest absolute Gasteiger partial charge is 0.376 e. The molecule has 1 aromatic carbocycles. The minimum Gasteiger partial charge on any atom is -0.376 e. The third-order valence-electron chi connectivity index (χ3n) is 3.68. The molecule has 0 unspecified atom stereocenters. The van der Waals surface area contributed by atoms with E-state index in [9.17, 15) is 9.18 Å². The zero-order valence-electron chi connectivity index (χ0n) is 11.3. The van der Waals surface area contributed by atoms with Crippen molar-refractivity contribution in [1.82, 2.24) is 5.32 Å². The summed E-state index contributed by atoms with van der Waals surface area (Å²) in [6.45, 7) is 1.90. The van der Waals surface area contributed by atoms with Gasteiger partial charge in [0.15, 0.2) is 0 Å². The van der Waals surface area contributed by atoms with E-state index in [4.69, 9.17) is 0 Å². The molecule has 104 valence electrons. The number of anilines is 1. The van der Waals surface area contributed by atoms with E-state index in [1.807, 2.05) is 0 Å². The molecule has 0 spiro atoms. The fourth-order valence-electron chi connectivity index (χ4n) is 2.50. The Morgan fingerprint density at radius 3 is 2.79 bits per heavy atom. The molecule has 1 fully saturated rings. The smallest absolute Gasteiger partial charge is 0.239 e. The molecule has 1 amide bonds. The number of rotatable bonds is 4. The summed E-state index contributed by atoms with van der Waals surface area (Å²) in [4.78, 5) is 11.8. The molecule has 0 saturated heterocycles. The maximum Gasteiger partial charge on any atom is 0.239 e. The van der Waals surface area contributed by atoms with Crippen LogP contribution in [0.5, 0.6) is 0 Å². The van der Waals surface area contributed by atoms with Gasteiger partial charge < -0.3 is 10.6 Å². The van der Waals surface area contributed by atoms with Crippen molar-refractivity contribution < 1.29 is 9.18 Å². The molecule has 0 atom stereocenters. The number of hydrogen-bond donors (Lipinski definition) is 2. The average molecular weight is 264 g/mol. The van der Waals surface area contributed by atoms with E-state index in [1.54, 1.807) is 19.1 Å². The van der Waals surface area contributed by atoms with Gasteiger partial charge in [0.2, 0.25) is 5.91 Å². The molecule has 1 aliphatic rings. The van der Waals surface area contributed by atoms with E-state index in [1.165, 1.54) is 25.3 Å². The number of carbonyl (C=O) groups excluding carboxylic acids is 1. The summed E-state index contributed by atoms with van der Waals surface area (Å²) < 4.78 is 13.3. The molecule has 1 saturated carbocycles. The highest BCUT2D eigenvalue weighted by Crippen LogP contribution is 2.18. The van der Waals surface area contributed by atoms with Crippen LogP contribution in [0.3, 0.4) is 0 Å². The predicted molar refractivity (Wildman–Crippen MR) is 74.6 cm³/mol. The Bertz CT molecular complexity index is 442. The molecule has 19 heavy (non-hydrogen) atoms. The van der Waals surface area contributed by atoms with Gasteiger partial charge in [0.1, 0.15) is 5.82 Å². The van der Waals surface area contributed by atoms with Gasteiger partial charge in [-0.2, -0.15) is 0 Å². The van der Waals surface area contributed by atoms with Gasteiger partial charge in [-0.15, -0.1) is 0 Å². The Balaban J connectivity index is 1.81. The van der Waals surface area contributed by atoms with Crippen molar-refractivity contribution in [3.8, 4) is 0 Å². The van der Waals surface area contributed by atoms with E-state index in [-0.39, 0.29) is 18.3 Å². The molecular formula is C15H21FN2O. The van der Waals surface area contributed by atoms with Crippen molar-refractivity contribution in [3.63, 3.8) is 0 Å². The van der Waals surface area contributed by atoms with E-state index in [2.05, 4.69) is 10.6 Å². The summed E-state index contributed by atoms with van der Waals surface area (Å²) in [6.07, 6.45) is 5.81. The second-order valence-electron chi connectivity index (χ2n) is 5.17. The number of nitrogens with one attached hydrogen (secondary N) is 2. The lowest BCUT2D eigenvalue weighted by atomic mass is 9.95. The summed E-state index contributed by atoms with van der Waals surface area (Å²) in [7, 11) is 0. The van der Waals surface area contributed by atoms with Crippen LogP contribution in [0.15, 0.2) is 18.2 Å². The Morgan fingerprint density at radius 1 is 1.32 bits per heavy atom. The lowest BCUT2D eigenvalue weighted by Gasteiger charge is -2.23. The van der Waals surface area contributed by atoms with Crippen LogP contribution in [0.25, 0.3) is 0 Å². The lowest BCUT2D eigenvalue weighted by molar-refractivity contribution is -0.120. The molecule has 2 rings (SSSR count). The van der Waals surface area contributed by atoms with Crippen molar-refractivity contribution in [1.29, 1.82) is 0 Å². The molecule has 4 heteroatoms. The SMILES string of the molecule is Cc1c(F)cccc1NCC(=O)NC1CCCCC1. The molecule has 3 nitrogen and oxygen atoms in total. The van der Waals surface area contributed by atoms with Crippen LogP contribution < -0.4 is 10.6 Å². The normalized spacial score (nSPS) is 16.1. The highest BCUT2D eigenvalue weighted by Gasteiger charge is 2.15. The minimum absolute atomic E-state index is 0.0180. The van der Waals surface area contributed by atoms with Crippen molar-refractivity contribution in [2.24, 2.45) is 0 Å². The van der Waals surface area contributed by atoms with Gasteiger partial charge in [-0.05, 0) is 31.9 Å². The summed E-state index contributed by atoms with van der Waals surface area (Å²) in [5.74, 6) is -0.270. The van der Waals surface area contributed by atoms with Gasteiger partial charge in [0.25, 0.3) is 0 Å². The van der Waals surface area contributed by atoms with Gasteiger partial charge in [0.05, 0.1) is 6.54 Å². The highest BCUT2D eigenvalue weighted by atomic mass is 19.1. The predicted octanol–water partition coefficient (Wildman–Crippen LogP) is 2.99. The number of hydrogen-bond acceptors (Lipinski definition) is 2. The number of halogens is 1. The van der Waals surface area contributed by atoms with Crippen molar-refractivity contribution in [2.45, 2.75) is 45.1 Å². The fourth-order valence-corrected chi connectivity index (χ4v) is 2.50. The van der Waals surface area contributed by atoms with Gasteiger partial charge in [-0.3, -0.25) is 4.79 Å². The Hall–Kier alpha value is -1.58. The van der Waals surface area contributed by atoms with Crippen molar-refractivity contribution in [2.75, 3.05) is 11.9 Å². The standard InChI is InChI=1S/C15H21FN2O/c1-11-13(16)8-5-9-14(11)17-10-15(19)18-12-6-3-2-4-7-12/h5,8-9,12,17H,2-4,6-7,10H2,1H3,(H,18,19). The first-order valence-electron chi connectivity index (χ1n) is 6.95. The first-order valence-corrected chi connectivity index (χ1v) is 6.95. The summed E-state index contributed by atoms with van der Waals surface area (Å²) in [5, 5.41) is 6.02. The molecule has 0 radical (unpaired) electrons. The monoisotopic (exact) mass is 264 g/mol. The molecule has 1 aromatic rings. The van der Waals surface area contributed by atoms with Crippen LogP contribution in [-0.2, 0) is 4.79 Å². The second kappa shape index (κ2) is 6.55. The zero-order chi connectivity index (χ0) is 13.7. The van der Waals surface area contributed by atoms with Gasteiger partial charge >= 0.3 is 0 Å². The van der Waals surface area contributed by atoms with E-state index >= 15 is 0 Å². The number of amides is 1. The van der Waals surface area contributed by atoms with E-state index < -0.39 is 0 Å². The van der Waals surface area contributed by atoms with E-state index in [0.717, 1.165) is 12.8 Å². The third kappa shape index (κ3) is 3.94. The van der Waals surface area contributed by atoms with Crippen LogP contribution in [0.1, 0.15) is 37.7 Å². The topological polar surface area (TPSA) is 41.1 Å². The van der Waals surface area contributed by atoms with Crippen LogP contribution in [0.4, 0.5) is 10.1 Å². The Morgan fingerprint density at radius 2 is 2.05 bits per heavy atom. The van der Waals surface area contributed by atoms with Gasteiger partial charge in [-0.1, -0.05) is 25.3 Å². The van der Waals surface area contributed by atoms with Gasteiger partial charge in [0, 0.05) is 17.3 Å². The molecular weight excluding hydrogens is 243 g/mol. The summed E-state index contributed by atoms with van der Waals surface area (Å²) in [5.41, 5.74) is 1.23. The first-order chi connectivity index (χ1) is 9.16. The quantitative estimate of drug-likeness (QED) is 0.877. The first kappa shape index (κ1) is 13.8. The average Bonchev–Trinajstić information content (AvgIpc) is 2.42. The number of carbonyl (C=O) groups is 1. The van der Waals surface area contributed by atoms with E-state index in [0.29, 0.717) is 17.3 Å². The molecule has 0 aliphatic heterocycles. The molecule has 0 aromatic heterocycles. The lowest BCUT2D eigenvalue weighted by Crippen LogP contribution is -2.39.